The van der Waals surface area contributed by atoms with E-state index in [1.807, 2.05) is 0 Å². The summed E-state index contributed by atoms with van der Waals surface area (Å²) in [6, 6.07) is 3.22. The Morgan fingerprint density at radius 2 is 2.00 bits per heavy atom. The number of halogens is 4. The fourth-order valence-electron chi connectivity index (χ4n) is 1.91. The van der Waals surface area contributed by atoms with Crippen LogP contribution in [0.2, 0.25) is 0 Å². The quantitative estimate of drug-likeness (QED) is 0.875. The molecule has 1 aliphatic rings. The first-order valence-electron chi connectivity index (χ1n) is 6.37. The first-order chi connectivity index (χ1) is 9.95. The SMILES string of the molecule is Fc1c(CNc2nnc(C3CC3)o2)cccc1C(F)(F)F. The Labute approximate surface area is 117 Å². The molecule has 112 valence electrons. The van der Waals surface area contributed by atoms with Crippen molar-refractivity contribution in [3.8, 4) is 0 Å². The number of alkyl halides is 3. The average molecular weight is 301 g/mol. The summed E-state index contributed by atoms with van der Waals surface area (Å²) in [5.41, 5.74) is -1.40. The van der Waals surface area contributed by atoms with E-state index in [9.17, 15) is 17.6 Å². The summed E-state index contributed by atoms with van der Waals surface area (Å²) < 4.78 is 56.8. The number of benzene rings is 1. The van der Waals surface area contributed by atoms with Crippen molar-refractivity contribution in [2.45, 2.75) is 31.5 Å². The molecular weight excluding hydrogens is 290 g/mol. The van der Waals surface area contributed by atoms with E-state index < -0.39 is 17.6 Å². The fraction of sp³-hybridized carbons (Fsp3) is 0.385. The number of rotatable bonds is 4. The molecule has 1 aliphatic carbocycles. The maximum atomic E-state index is 13.8. The third-order valence-electron chi connectivity index (χ3n) is 3.18. The summed E-state index contributed by atoms with van der Waals surface area (Å²) in [6.07, 6.45) is -2.74. The van der Waals surface area contributed by atoms with Crippen LogP contribution >= 0.6 is 0 Å². The summed E-state index contributed by atoms with van der Waals surface area (Å²) in [5, 5.41) is 10.2. The molecule has 1 saturated carbocycles. The molecule has 2 aromatic rings. The number of hydrogen-bond donors (Lipinski definition) is 1. The zero-order valence-corrected chi connectivity index (χ0v) is 10.7. The second kappa shape index (κ2) is 5.01. The van der Waals surface area contributed by atoms with Gasteiger partial charge in [0.25, 0.3) is 0 Å². The standard InChI is InChI=1S/C13H11F4N3O/c14-10-8(2-1-3-9(10)13(15,16)17)6-18-12-20-19-11(21-12)7-4-5-7/h1-3,7H,4-6H2,(H,18,20). The molecule has 1 N–H and O–H groups in total. The van der Waals surface area contributed by atoms with Gasteiger partial charge in [0.2, 0.25) is 5.89 Å². The highest BCUT2D eigenvalue weighted by Crippen LogP contribution is 2.39. The average Bonchev–Trinajstić information content (AvgIpc) is 3.16. The zero-order valence-electron chi connectivity index (χ0n) is 10.7. The molecule has 1 heterocycles. The molecule has 0 aliphatic heterocycles. The molecule has 0 spiro atoms. The van der Waals surface area contributed by atoms with Crippen molar-refractivity contribution in [3.05, 3.63) is 41.0 Å². The molecular formula is C13H11F4N3O. The summed E-state index contributed by atoms with van der Waals surface area (Å²) in [5.74, 6) is -0.514. The number of anilines is 1. The molecule has 0 bridgehead atoms. The lowest BCUT2D eigenvalue weighted by atomic mass is 10.1. The molecule has 8 heteroatoms. The molecule has 1 aromatic carbocycles. The topological polar surface area (TPSA) is 51.0 Å². The van der Waals surface area contributed by atoms with E-state index >= 15 is 0 Å². The largest absolute Gasteiger partial charge is 0.419 e. The Bertz CT molecular complexity index is 649. The molecule has 21 heavy (non-hydrogen) atoms. The minimum atomic E-state index is -4.72. The van der Waals surface area contributed by atoms with Gasteiger partial charge < -0.3 is 9.73 Å². The lowest BCUT2D eigenvalue weighted by molar-refractivity contribution is -0.140. The fourth-order valence-corrected chi connectivity index (χ4v) is 1.91. The molecule has 0 unspecified atom stereocenters. The first kappa shape index (κ1) is 13.8. The van der Waals surface area contributed by atoms with Crippen LogP contribution in [0, 0.1) is 5.82 Å². The normalized spacial score (nSPS) is 15.2. The number of nitrogens with zero attached hydrogens (tertiary/aromatic N) is 2. The van der Waals surface area contributed by atoms with Crippen LogP contribution in [0.1, 0.15) is 35.8 Å². The molecule has 0 amide bonds. The van der Waals surface area contributed by atoms with Gasteiger partial charge in [0.05, 0.1) is 5.56 Å². The Morgan fingerprint density at radius 3 is 2.67 bits per heavy atom. The Kier molecular flexibility index (Phi) is 3.30. The van der Waals surface area contributed by atoms with Gasteiger partial charge >= 0.3 is 12.2 Å². The van der Waals surface area contributed by atoms with Crippen molar-refractivity contribution in [2.75, 3.05) is 5.32 Å². The highest BCUT2D eigenvalue weighted by atomic mass is 19.4. The van der Waals surface area contributed by atoms with Gasteiger partial charge in [-0.25, -0.2) is 4.39 Å². The first-order valence-corrected chi connectivity index (χ1v) is 6.37. The van der Waals surface area contributed by atoms with E-state index in [-0.39, 0.29) is 24.0 Å². The molecule has 1 fully saturated rings. The zero-order chi connectivity index (χ0) is 15.0. The second-order valence-electron chi connectivity index (χ2n) is 4.85. The van der Waals surface area contributed by atoms with Gasteiger partial charge in [-0.3, -0.25) is 0 Å². The van der Waals surface area contributed by atoms with E-state index in [1.54, 1.807) is 0 Å². The van der Waals surface area contributed by atoms with Gasteiger partial charge in [-0.1, -0.05) is 17.2 Å². The molecule has 0 saturated heterocycles. The van der Waals surface area contributed by atoms with Gasteiger partial charge in [0.1, 0.15) is 5.82 Å². The van der Waals surface area contributed by atoms with Crippen molar-refractivity contribution in [3.63, 3.8) is 0 Å². The van der Waals surface area contributed by atoms with Crippen molar-refractivity contribution < 1.29 is 22.0 Å². The Balaban J connectivity index is 1.72. The van der Waals surface area contributed by atoms with E-state index in [0.717, 1.165) is 18.9 Å². The van der Waals surface area contributed by atoms with E-state index in [0.29, 0.717) is 12.0 Å². The minimum absolute atomic E-state index is 0.0775. The smallest absolute Gasteiger partial charge is 0.408 e. The third-order valence-corrected chi connectivity index (χ3v) is 3.18. The molecule has 3 rings (SSSR count). The summed E-state index contributed by atoms with van der Waals surface area (Å²) in [6.45, 7) is -0.165. The van der Waals surface area contributed by atoms with Crippen LogP contribution in [0.5, 0.6) is 0 Å². The Hall–Kier alpha value is -2.12. The molecule has 0 atom stereocenters. The highest BCUT2D eigenvalue weighted by Gasteiger charge is 2.34. The molecule has 4 nitrogen and oxygen atoms in total. The second-order valence-corrected chi connectivity index (χ2v) is 4.85. The van der Waals surface area contributed by atoms with E-state index in [4.69, 9.17) is 4.42 Å². The number of nitrogens with one attached hydrogen (secondary N) is 1. The minimum Gasteiger partial charge on any atom is -0.408 e. The van der Waals surface area contributed by atoms with Gasteiger partial charge in [-0.2, -0.15) is 13.2 Å². The highest BCUT2D eigenvalue weighted by molar-refractivity contribution is 5.31. The van der Waals surface area contributed by atoms with Crippen LogP contribution < -0.4 is 5.32 Å². The number of aromatic nitrogens is 2. The lowest BCUT2D eigenvalue weighted by Gasteiger charge is -2.11. The molecule has 1 aromatic heterocycles. The van der Waals surface area contributed by atoms with Crippen LogP contribution in [0.3, 0.4) is 0 Å². The van der Waals surface area contributed by atoms with Crippen molar-refractivity contribution in [1.29, 1.82) is 0 Å². The van der Waals surface area contributed by atoms with Gasteiger partial charge in [0.15, 0.2) is 0 Å². The third kappa shape index (κ3) is 2.98. The van der Waals surface area contributed by atoms with Gasteiger partial charge in [-0.05, 0) is 18.9 Å². The predicted molar refractivity (Wildman–Crippen MR) is 65.0 cm³/mol. The summed E-state index contributed by atoms with van der Waals surface area (Å²) in [7, 11) is 0. The van der Waals surface area contributed by atoms with Crippen molar-refractivity contribution >= 4 is 6.01 Å². The van der Waals surface area contributed by atoms with Crippen molar-refractivity contribution in [2.24, 2.45) is 0 Å². The van der Waals surface area contributed by atoms with Crippen molar-refractivity contribution in [1.82, 2.24) is 10.2 Å². The van der Waals surface area contributed by atoms with Crippen LogP contribution in [0.4, 0.5) is 23.6 Å². The summed E-state index contributed by atoms with van der Waals surface area (Å²) in [4.78, 5) is 0. The monoisotopic (exact) mass is 301 g/mol. The van der Waals surface area contributed by atoms with Crippen LogP contribution in [0.25, 0.3) is 0 Å². The van der Waals surface area contributed by atoms with E-state index in [1.165, 1.54) is 6.07 Å². The van der Waals surface area contributed by atoms with E-state index in [2.05, 4.69) is 15.5 Å². The maximum absolute atomic E-state index is 13.8. The van der Waals surface area contributed by atoms with Gasteiger partial charge in [-0.15, -0.1) is 5.10 Å². The van der Waals surface area contributed by atoms with Gasteiger partial charge in [0, 0.05) is 18.0 Å². The van der Waals surface area contributed by atoms with Crippen LogP contribution in [0.15, 0.2) is 22.6 Å². The summed E-state index contributed by atoms with van der Waals surface area (Å²) >= 11 is 0. The van der Waals surface area contributed by atoms with Crippen LogP contribution in [-0.2, 0) is 12.7 Å². The maximum Gasteiger partial charge on any atom is 0.419 e. The van der Waals surface area contributed by atoms with Crippen LogP contribution in [-0.4, -0.2) is 10.2 Å². The number of hydrogen-bond acceptors (Lipinski definition) is 4. The predicted octanol–water partition coefficient (Wildman–Crippen LogP) is 3.72. The lowest BCUT2D eigenvalue weighted by Crippen LogP contribution is -2.11. The Morgan fingerprint density at radius 1 is 1.24 bits per heavy atom. The molecule has 0 radical (unpaired) electrons.